The molecule has 0 aliphatic carbocycles. The van der Waals surface area contributed by atoms with Gasteiger partial charge >= 0.3 is 0 Å². The van der Waals surface area contributed by atoms with Crippen LogP contribution in [0.3, 0.4) is 0 Å². The minimum Gasteiger partial charge on any atom is -0.265 e. The van der Waals surface area contributed by atoms with Crippen molar-refractivity contribution in [2.45, 2.75) is 0 Å². The Morgan fingerprint density at radius 1 is 0.390 bits per heavy atom. The van der Waals surface area contributed by atoms with E-state index in [2.05, 4.69) is 98.7 Å². The van der Waals surface area contributed by atoms with Crippen LogP contribution in [0.15, 0.2) is 138 Å². The number of pyridine rings is 2. The minimum atomic E-state index is 0.603. The lowest BCUT2D eigenvalue weighted by atomic mass is 10.0. The van der Waals surface area contributed by atoms with Gasteiger partial charge in [0.25, 0.3) is 0 Å². The fraction of sp³-hybridized carbons (Fsp3) is 0. The van der Waals surface area contributed by atoms with Gasteiger partial charge in [0.05, 0.1) is 0 Å². The molecule has 0 atom stereocenters. The van der Waals surface area contributed by atoms with Crippen molar-refractivity contribution in [1.29, 1.82) is 0 Å². The molecule has 3 heterocycles. The van der Waals surface area contributed by atoms with Gasteiger partial charge < -0.3 is 0 Å². The summed E-state index contributed by atoms with van der Waals surface area (Å²) in [6.07, 6.45) is 7.23. The zero-order chi connectivity index (χ0) is 27.6. The summed E-state index contributed by atoms with van der Waals surface area (Å²) in [6, 6.07) is 37.1. The number of hydrogen-bond acceptors (Lipinski definition) is 5. The second-order valence-corrected chi connectivity index (χ2v) is 10.6. The molecule has 0 N–H and O–H groups in total. The van der Waals surface area contributed by atoms with Crippen molar-refractivity contribution in [1.82, 2.24) is 24.9 Å². The number of rotatable bonds is 5. The summed E-state index contributed by atoms with van der Waals surface area (Å²) in [5.74, 6) is 1.84. The van der Waals surface area contributed by atoms with E-state index in [0.29, 0.717) is 17.5 Å². The zero-order valence-corrected chi connectivity index (χ0v) is 23.4. The first-order chi connectivity index (χ1) is 20.2. The first kappa shape index (κ1) is 24.9. The van der Waals surface area contributed by atoms with E-state index < -0.39 is 0 Å². The normalized spacial score (nSPS) is 11.0. The summed E-state index contributed by atoms with van der Waals surface area (Å²) in [4.78, 5) is 23.3. The molecule has 0 spiro atoms. The minimum absolute atomic E-state index is 0.603. The molecule has 0 bridgehead atoms. The Hall–Kier alpha value is -5.07. The van der Waals surface area contributed by atoms with Crippen LogP contribution in [0.4, 0.5) is 0 Å². The van der Waals surface area contributed by atoms with Gasteiger partial charge in [-0.1, -0.05) is 82.7 Å². The first-order valence-corrected chi connectivity index (χ1v) is 14.0. The third kappa shape index (κ3) is 5.25. The maximum absolute atomic E-state index is 4.98. The van der Waals surface area contributed by atoms with Crippen LogP contribution in [-0.2, 0) is 0 Å². The third-order valence-electron chi connectivity index (χ3n) is 6.95. The van der Waals surface area contributed by atoms with Crippen LogP contribution in [0.25, 0.3) is 67.2 Å². The topological polar surface area (TPSA) is 64.5 Å². The number of nitrogens with zero attached hydrogens (tertiary/aromatic N) is 5. The predicted octanol–water partition coefficient (Wildman–Crippen LogP) is 8.91. The number of aromatic nitrogens is 5. The Bertz CT molecular complexity index is 1990. The van der Waals surface area contributed by atoms with E-state index in [1.165, 1.54) is 5.39 Å². The van der Waals surface area contributed by atoms with Crippen LogP contribution in [0.5, 0.6) is 0 Å². The van der Waals surface area contributed by atoms with Gasteiger partial charge in [-0.25, -0.2) is 15.0 Å². The lowest BCUT2D eigenvalue weighted by Crippen LogP contribution is -2.00. The summed E-state index contributed by atoms with van der Waals surface area (Å²) in [7, 11) is 0. The molecule has 0 aliphatic heterocycles. The maximum atomic E-state index is 4.98. The van der Waals surface area contributed by atoms with Crippen molar-refractivity contribution in [3.8, 4) is 56.4 Å². The zero-order valence-electron chi connectivity index (χ0n) is 21.8. The molecule has 0 radical (unpaired) electrons. The highest BCUT2D eigenvalue weighted by molar-refractivity contribution is 9.10. The molecule has 0 aliphatic rings. The van der Waals surface area contributed by atoms with Crippen LogP contribution in [-0.4, -0.2) is 24.9 Å². The lowest BCUT2D eigenvalue weighted by molar-refractivity contribution is 1.07. The third-order valence-corrected chi connectivity index (χ3v) is 7.41. The Balaban J connectivity index is 1.38. The Labute approximate surface area is 245 Å². The highest BCUT2D eigenvalue weighted by Crippen LogP contribution is 2.32. The van der Waals surface area contributed by atoms with Crippen LogP contribution in [0.2, 0.25) is 0 Å². The van der Waals surface area contributed by atoms with Gasteiger partial charge in [-0.2, -0.15) is 0 Å². The second-order valence-electron chi connectivity index (χ2n) is 9.65. The molecule has 0 saturated heterocycles. The summed E-state index contributed by atoms with van der Waals surface area (Å²) >= 11 is 3.70. The molecule has 7 rings (SSSR count). The SMILES string of the molecule is Brc1cc(-c2ccncc2)cc(-c2nc(-c3ccc(-c4cccnc4)cc3)nc(-c3ccc4ccccc4c3)n2)c1. The smallest absolute Gasteiger partial charge is 0.164 e. The highest BCUT2D eigenvalue weighted by Gasteiger charge is 2.14. The van der Waals surface area contributed by atoms with Crippen LogP contribution >= 0.6 is 15.9 Å². The van der Waals surface area contributed by atoms with E-state index in [0.717, 1.165) is 48.8 Å². The molecule has 0 unspecified atom stereocenters. The number of benzene rings is 4. The van der Waals surface area contributed by atoms with Crippen LogP contribution in [0, 0.1) is 0 Å². The lowest BCUT2D eigenvalue weighted by Gasteiger charge is -2.11. The molecule has 0 amide bonds. The van der Waals surface area contributed by atoms with Crippen molar-refractivity contribution in [3.05, 3.63) is 138 Å². The molecule has 194 valence electrons. The Morgan fingerprint density at radius 2 is 1.02 bits per heavy atom. The first-order valence-electron chi connectivity index (χ1n) is 13.2. The van der Waals surface area contributed by atoms with Gasteiger partial charge in [-0.3, -0.25) is 9.97 Å². The van der Waals surface area contributed by atoms with Gasteiger partial charge in [0.15, 0.2) is 17.5 Å². The van der Waals surface area contributed by atoms with Gasteiger partial charge in [0.1, 0.15) is 0 Å². The van der Waals surface area contributed by atoms with Crippen molar-refractivity contribution in [2.24, 2.45) is 0 Å². The Kier molecular flexibility index (Phi) is 6.59. The van der Waals surface area contributed by atoms with Crippen LogP contribution < -0.4 is 0 Å². The van der Waals surface area contributed by atoms with Crippen molar-refractivity contribution < 1.29 is 0 Å². The van der Waals surface area contributed by atoms with Crippen molar-refractivity contribution in [2.75, 3.05) is 0 Å². The monoisotopic (exact) mass is 591 g/mol. The van der Waals surface area contributed by atoms with Crippen molar-refractivity contribution in [3.63, 3.8) is 0 Å². The van der Waals surface area contributed by atoms with E-state index in [1.54, 1.807) is 18.6 Å². The van der Waals surface area contributed by atoms with Crippen molar-refractivity contribution >= 4 is 26.7 Å². The van der Waals surface area contributed by atoms with E-state index in [-0.39, 0.29) is 0 Å². The fourth-order valence-corrected chi connectivity index (χ4v) is 5.36. The number of hydrogen-bond donors (Lipinski definition) is 0. The molecule has 6 heteroatoms. The average molecular weight is 593 g/mol. The fourth-order valence-electron chi connectivity index (χ4n) is 4.87. The van der Waals surface area contributed by atoms with Gasteiger partial charge in [0.2, 0.25) is 0 Å². The largest absolute Gasteiger partial charge is 0.265 e. The molecular weight excluding hydrogens is 570 g/mol. The number of fused-ring (bicyclic) bond motifs is 1. The molecule has 3 aromatic heterocycles. The molecule has 7 aromatic rings. The summed E-state index contributed by atoms with van der Waals surface area (Å²) in [5.41, 5.74) is 7.00. The quantitative estimate of drug-likeness (QED) is 0.200. The van der Waals surface area contributed by atoms with Gasteiger partial charge in [0, 0.05) is 46.0 Å². The second kappa shape index (κ2) is 10.8. The van der Waals surface area contributed by atoms with E-state index in [1.807, 2.05) is 42.6 Å². The van der Waals surface area contributed by atoms with Gasteiger partial charge in [-0.15, -0.1) is 0 Å². The van der Waals surface area contributed by atoms with E-state index in [9.17, 15) is 0 Å². The highest BCUT2D eigenvalue weighted by atomic mass is 79.9. The van der Waals surface area contributed by atoms with E-state index >= 15 is 0 Å². The standard InChI is InChI=1S/C35H22BrN5/c36-32-20-30(25-13-16-37-17-14-25)19-31(21-32)35-40-33(26-10-7-24(8-11-26)29-6-3-15-38-22-29)39-34(41-35)28-12-9-23-4-1-2-5-27(23)18-28/h1-22H. The maximum Gasteiger partial charge on any atom is 0.164 e. The molecule has 5 nitrogen and oxygen atoms in total. The van der Waals surface area contributed by atoms with E-state index in [4.69, 9.17) is 15.0 Å². The summed E-state index contributed by atoms with van der Waals surface area (Å²) < 4.78 is 0.942. The predicted molar refractivity (Wildman–Crippen MR) is 168 cm³/mol. The van der Waals surface area contributed by atoms with Gasteiger partial charge in [-0.05, 0) is 75.5 Å². The molecule has 41 heavy (non-hydrogen) atoms. The Morgan fingerprint density at radius 3 is 1.78 bits per heavy atom. The molecule has 0 saturated carbocycles. The molecular formula is C35H22BrN5. The number of halogens is 1. The molecule has 0 fully saturated rings. The molecule has 4 aromatic carbocycles. The van der Waals surface area contributed by atoms with Crippen LogP contribution in [0.1, 0.15) is 0 Å². The average Bonchev–Trinajstić information content (AvgIpc) is 3.05. The summed E-state index contributed by atoms with van der Waals surface area (Å²) in [6.45, 7) is 0. The summed E-state index contributed by atoms with van der Waals surface area (Å²) in [5, 5.41) is 2.31.